The number of halogens is 3. The number of rotatable bonds is 3. The van der Waals surface area contributed by atoms with Gasteiger partial charge in [0, 0.05) is 22.3 Å². The molecule has 0 aromatic heterocycles. The van der Waals surface area contributed by atoms with Gasteiger partial charge in [-0.05, 0) is 35.9 Å². The van der Waals surface area contributed by atoms with E-state index in [1.54, 1.807) is 42.5 Å². The summed E-state index contributed by atoms with van der Waals surface area (Å²) in [5, 5.41) is 0.439. The second-order valence-corrected chi connectivity index (χ2v) is 10.3. The second kappa shape index (κ2) is 7.36. The van der Waals surface area contributed by atoms with Crippen LogP contribution in [0.15, 0.2) is 66.7 Å². The van der Waals surface area contributed by atoms with E-state index in [-0.39, 0.29) is 17.8 Å². The van der Waals surface area contributed by atoms with Crippen LogP contribution in [-0.4, -0.2) is 26.0 Å². The average Bonchev–Trinajstić information content (AvgIpc) is 3.13. The van der Waals surface area contributed by atoms with Crippen molar-refractivity contribution in [2.75, 3.05) is 15.6 Å². The Labute approximate surface area is 192 Å². The molecule has 1 atom stereocenters. The van der Waals surface area contributed by atoms with Gasteiger partial charge >= 0.3 is 0 Å². The van der Waals surface area contributed by atoms with E-state index >= 15 is 0 Å². The first-order valence-electron chi connectivity index (χ1n) is 9.83. The minimum atomic E-state index is -4.41. The van der Waals surface area contributed by atoms with E-state index in [4.69, 9.17) is 11.6 Å². The lowest BCUT2D eigenvalue weighted by atomic mass is 10.0. The van der Waals surface area contributed by atoms with Crippen LogP contribution in [0.1, 0.15) is 11.1 Å². The van der Waals surface area contributed by atoms with Crippen LogP contribution in [0.2, 0.25) is 5.02 Å². The number of sulfone groups is 1. The number of carbonyl (C=O) groups excluding carboxylic acids is 2. The maximum absolute atomic E-state index is 14.1. The molecule has 0 bridgehead atoms. The fraction of sp³-hybridized carbons (Fsp3) is 0.130. The monoisotopic (exact) mass is 488 g/mol. The van der Waals surface area contributed by atoms with Crippen molar-refractivity contribution < 1.29 is 26.8 Å². The summed E-state index contributed by atoms with van der Waals surface area (Å²) in [7, 11) is -4.41. The largest absolute Gasteiger partial charge is 0.304 e. The SMILES string of the molecule is O=C1CS(=O)(=O)[C@]2(C(=O)N(Cc3cccc(Cl)c3)c3ccccc32)N1c1ccc(F)c(F)c1. The molecule has 6 nitrogen and oxygen atoms in total. The smallest absolute Gasteiger partial charge is 0.274 e. The third kappa shape index (κ3) is 2.99. The molecule has 2 aliphatic rings. The van der Waals surface area contributed by atoms with Crippen LogP contribution in [0.5, 0.6) is 0 Å². The molecule has 3 aromatic rings. The van der Waals surface area contributed by atoms with E-state index in [9.17, 15) is 26.8 Å². The summed E-state index contributed by atoms with van der Waals surface area (Å²) < 4.78 is 54.5. The van der Waals surface area contributed by atoms with Gasteiger partial charge in [0.2, 0.25) is 5.91 Å². The number of nitrogens with zero attached hydrogens (tertiary/aromatic N) is 2. The molecule has 0 aliphatic carbocycles. The summed E-state index contributed by atoms with van der Waals surface area (Å²) in [6.45, 7) is -0.00646. The number of anilines is 2. The molecule has 0 radical (unpaired) electrons. The standard InChI is InChI=1S/C23H15ClF2N2O4S/c24-15-5-3-4-14(10-15)12-27-20-7-2-1-6-17(20)23(22(27)30)28(21(29)13-33(23,31)32)16-8-9-18(25)19(26)11-16/h1-11H,12-13H2/t23-/m1/s1. The number of para-hydroxylation sites is 1. The van der Waals surface area contributed by atoms with Gasteiger partial charge in [-0.15, -0.1) is 0 Å². The molecular formula is C23H15ClF2N2O4S. The first-order chi connectivity index (χ1) is 15.7. The molecule has 5 rings (SSSR count). The summed E-state index contributed by atoms with van der Waals surface area (Å²) in [5.41, 5.74) is 0.789. The number of hydrogen-bond acceptors (Lipinski definition) is 4. The zero-order chi connectivity index (χ0) is 23.5. The predicted molar refractivity (Wildman–Crippen MR) is 118 cm³/mol. The first-order valence-corrected chi connectivity index (χ1v) is 11.9. The van der Waals surface area contributed by atoms with Gasteiger partial charge in [-0.2, -0.15) is 0 Å². The van der Waals surface area contributed by atoms with Crippen molar-refractivity contribution in [3.05, 3.63) is 94.5 Å². The fourth-order valence-electron chi connectivity index (χ4n) is 4.49. The highest BCUT2D eigenvalue weighted by Gasteiger charge is 2.69. The number of carbonyl (C=O) groups is 2. The summed E-state index contributed by atoms with van der Waals surface area (Å²) in [6, 6.07) is 15.5. The highest BCUT2D eigenvalue weighted by Crippen LogP contribution is 2.52. The molecule has 168 valence electrons. The van der Waals surface area contributed by atoms with E-state index in [0.29, 0.717) is 22.3 Å². The molecule has 2 heterocycles. The van der Waals surface area contributed by atoms with Crippen molar-refractivity contribution in [3.63, 3.8) is 0 Å². The molecule has 3 aromatic carbocycles. The van der Waals surface area contributed by atoms with E-state index < -0.39 is 43.9 Å². The molecule has 0 unspecified atom stereocenters. The van der Waals surface area contributed by atoms with Gasteiger partial charge in [0.15, 0.2) is 21.5 Å². The van der Waals surface area contributed by atoms with Crippen molar-refractivity contribution in [2.24, 2.45) is 0 Å². The number of amides is 2. The first kappa shape index (κ1) is 21.5. The molecule has 0 N–H and O–H groups in total. The van der Waals surface area contributed by atoms with Crippen LogP contribution in [0.25, 0.3) is 0 Å². The van der Waals surface area contributed by atoms with Gasteiger partial charge in [-0.3, -0.25) is 14.5 Å². The van der Waals surface area contributed by atoms with Crippen LogP contribution >= 0.6 is 11.6 Å². The Hall–Kier alpha value is -3.30. The summed E-state index contributed by atoms with van der Waals surface area (Å²) in [6.07, 6.45) is 0. The van der Waals surface area contributed by atoms with Gasteiger partial charge in [0.25, 0.3) is 10.8 Å². The van der Waals surface area contributed by atoms with Gasteiger partial charge < -0.3 is 4.90 Å². The van der Waals surface area contributed by atoms with E-state index in [1.807, 2.05) is 0 Å². The zero-order valence-electron chi connectivity index (χ0n) is 16.8. The Morgan fingerprint density at radius 2 is 1.70 bits per heavy atom. The molecule has 0 saturated carbocycles. The van der Waals surface area contributed by atoms with Crippen molar-refractivity contribution in [1.82, 2.24) is 0 Å². The summed E-state index contributed by atoms with van der Waals surface area (Å²) >= 11 is 6.06. The molecular weight excluding hydrogens is 474 g/mol. The van der Waals surface area contributed by atoms with Crippen LogP contribution in [-0.2, 0) is 30.8 Å². The predicted octanol–water partition coefficient (Wildman–Crippen LogP) is 3.78. The van der Waals surface area contributed by atoms with Gasteiger partial charge in [0.1, 0.15) is 5.75 Å². The quantitative estimate of drug-likeness (QED) is 0.562. The lowest BCUT2D eigenvalue weighted by Gasteiger charge is -2.32. The van der Waals surface area contributed by atoms with Crippen molar-refractivity contribution in [2.45, 2.75) is 11.4 Å². The van der Waals surface area contributed by atoms with Crippen molar-refractivity contribution in [3.8, 4) is 0 Å². The minimum Gasteiger partial charge on any atom is -0.304 e. The summed E-state index contributed by atoms with van der Waals surface area (Å²) in [5.74, 6) is -5.16. The van der Waals surface area contributed by atoms with Crippen LogP contribution in [0.3, 0.4) is 0 Å². The second-order valence-electron chi connectivity index (χ2n) is 7.77. The Bertz CT molecular complexity index is 1450. The Morgan fingerprint density at radius 3 is 2.42 bits per heavy atom. The lowest BCUT2D eigenvalue weighted by Crippen LogP contribution is -2.54. The molecule has 2 amide bonds. The molecule has 33 heavy (non-hydrogen) atoms. The normalized spacial score (nSPS) is 21.2. The third-order valence-electron chi connectivity index (χ3n) is 5.81. The number of benzene rings is 3. The maximum Gasteiger partial charge on any atom is 0.274 e. The highest BCUT2D eigenvalue weighted by atomic mass is 35.5. The Balaban J connectivity index is 1.74. The third-order valence-corrected chi connectivity index (χ3v) is 8.15. The molecule has 1 fully saturated rings. The van der Waals surface area contributed by atoms with E-state index in [2.05, 4.69) is 0 Å². The van der Waals surface area contributed by atoms with E-state index in [0.717, 1.165) is 17.0 Å². The maximum atomic E-state index is 14.1. The zero-order valence-corrected chi connectivity index (χ0v) is 18.4. The number of hydrogen-bond donors (Lipinski definition) is 0. The van der Waals surface area contributed by atoms with Crippen molar-refractivity contribution >= 4 is 44.6 Å². The van der Waals surface area contributed by atoms with E-state index in [1.165, 1.54) is 11.0 Å². The van der Waals surface area contributed by atoms with Gasteiger partial charge in [-0.25, -0.2) is 17.2 Å². The minimum absolute atomic E-state index is 0.00646. The molecule has 1 spiro atoms. The van der Waals surface area contributed by atoms with Gasteiger partial charge in [0.05, 0.1) is 12.2 Å². The average molecular weight is 489 g/mol. The highest BCUT2D eigenvalue weighted by molar-refractivity contribution is 7.94. The fourth-order valence-corrected chi connectivity index (χ4v) is 6.74. The Morgan fingerprint density at radius 1 is 0.939 bits per heavy atom. The lowest BCUT2D eigenvalue weighted by molar-refractivity contribution is -0.123. The molecule has 10 heteroatoms. The topological polar surface area (TPSA) is 74.8 Å². The Kier molecular flexibility index (Phi) is 4.80. The summed E-state index contributed by atoms with van der Waals surface area (Å²) in [4.78, 5) is 26.5. The van der Waals surface area contributed by atoms with Crippen LogP contribution in [0, 0.1) is 11.6 Å². The molecule has 2 aliphatic heterocycles. The molecule has 1 saturated heterocycles. The van der Waals surface area contributed by atoms with Crippen LogP contribution in [0.4, 0.5) is 20.2 Å². The van der Waals surface area contributed by atoms with Crippen LogP contribution < -0.4 is 9.80 Å². The van der Waals surface area contributed by atoms with Crippen molar-refractivity contribution in [1.29, 1.82) is 0 Å². The van der Waals surface area contributed by atoms with Gasteiger partial charge in [-0.1, -0.05) is 41.9 Å². The number of fused-ring (bicyclic) bond motifs is 2.